The number of hydrogen-bond acceptors (Lipinski definition) is 3. The minimum absolute atomic E-state index is 0.0797. The van der Waals surface area contributed by atoms with Gasteiger partial charge in [0.05, 0.1) is 17.1 Å². The minimum Gasteiger partial charge on any atom is -0.313 e. The van der Waals surface area contributed by atoms with Crippen LogP contribution in [0.15, 0.2) is 69.8 Å². The van der Waals surface area contributed by atoms with Gasteiger partial charge >= 0.3 is 0 Å². The fourth-order valence-electron chi connectivity index (χ4n) is 4.98. The van der Waals surface area contributed by atoms with E-state index in [1.165, 1.54) is 42.5 Å². The maximum absolute atomic E-state index is 13.5. The summed E-state index contributed by atoms with van der Waals surface area (Å²) in [5.41, 5.74) is 5.82. The lowest BCUT2D eigenvalue weighted by atomic mass is 10.1. The number of aromatic nitrogens is 3. The molecule has 0 unspecified atom stereocenters. The molecule has 1 fully saturated rings. The van der Waals surface area contributed by atoms with Crippen LogP contribution >= 0.6 is 11.3 Å². The first-order chi connectivity index (χ1) is 16.5. The number of hydrogen-bond donors (Lipinski definition) is 0. The Morgan fingerprint density at radius 3 is 2.26 bits per heavy atom. The summed E-state index contributed by atoms with van der Waals surface area (Å²) in [5, 5.41) is 2.21. The molecule has 176 valence electrons. The molecule has 0 aliphatic heterocycles. The highest BCUT2D eigenvalue weighted by Gasteiger charge is 2.21. The molecule has 2 aromatic heterocycles. The van der Waals surface area contributed by atoms with Crippen molar-refractivity contribution in [3.63, 3.8) is 0 Å². The lowest BCUT2D eigenvalue weighted by molar-refractivity contribution is 0.439. The number of benzene rings is 2. The molecule has 1 saturated carbocycles. The Morgan fingerprint density at radius 2 is 1.59 bits per heavy atom. The summed E-state index contributed by atoms with van der Waals surface area (Å²) in [7, 11) is 1.92. The van der Waals surface area contributed by atoms with Crippen LogP contribution in [0, 0.1) is 13.8 Å². The lowest BCUT2D eigenvalue weighted by Gasteiger charge is -2.20. The molecule has 1 aliphatic rings. The Balaban J connectivity index is 1.69. The molecule has 0 bridgehead atoms. The largest absolute Gasteiger partial charge is 0.313 e. The first-order valence-corrected chi connectivity index (χ1v) is 13.1. The zero-order valence-corrected chi connectivity index (χ0v) is 21.0. The number of rotatable bonds is 4. The molecule has 5 rings (SSSR count). The van der Waals surface area contributed by atoms with Gasteiger partial charge in [0.1, 0.15) is 0 Å². The van der Waals surface area contributed by atoms with Crippen molar-refractivity contribution in [1.82, 2.24) is 13.9 Å². The Kier molecular flexibility index (Phi) is 6.42. The molecular weight excluding hydrogens is 440 g/mol. The third-order valence-electron chi connectivity index (χ3n) is 7.01. The molecule has 2 aromatic carbocycles. The summed E-state index contributed by atoms with van der Waals surface area (Å²) in [6, 6.07) is 18.9. The second kappa shape index (κ2) is 9.63. The average molecular weight is 473 g/mol. The smallest absolute Gasteiger partial charge is 0.297 e. The Morgan fingerprint density at radius 1 is 0.912 bits per heavy atom. The van der Waals surface area contributed by atoms with E-state index in [1.807, 2.05) is 49.0 Å². The van der Waals surface area contributed by atoms with Gasteiger partial charge in [0, 0.05) is 18.5 Å². The van der Waals surface area contributed by atoms with Gasteiger partial charge in [-0.2, -0.15) is 0 Å². The first kappa shape index (κ1) is 22.7. The summed E-state index contributed by atoms with van der Waals surface area (Å²) in [6.07, 6.45) is 7.40. The zero-order chi connectivity index (χ0) is 23.7. The van der Waals surface area contributed by atoms with Gasteiger partial charge in [-0.1, -0.05) is 73.7 Å². The van der Waals surface area contributed by atoms with E-state index in [1.54, 1.807) is 16.0 Å². The predicted molar refractivity (Wildman–Crippen MR) is 140 cm³/mol. The molecule has 0 amide bonds. The van der Waals surface area contributed by atoms with Crippen molar-refractivity contribution in [1.29, 1.82) is 0 Å². The molecule has 6 heteroatoms. The van der Waals surface area contributed by atoms with Gasteiger partial charge in [-0.15, -0.1) is 11.3 Å². The van der Waals surface area contributed by atoms with Gasteiger partial charge in [0.15, 0.2) is 10.5 Å². The van der Waals surface area contributed by atoms with Crippen molar-refractivity contribution >= 4 is 17.0 Å². The molecule has 5 nitrogen and oxygen atoms in total. The van der Waals surface area contributed by atoms with Gasteiger partial charge < -0.3 is 4.57 Å². The summed E-state index contributed by atoms with van der Waals surface area (Å²) in [4.78, 5) is 19.5. The molecule has 4 aromatic rings. The van der Waals surface area contributed by atoms with E-state index < -0.39 is 0 Å². The van der Waals surface area contributed by atoms with Gasteiger partial charge in [-0.3, -0.25) is 9.48 Å². The van der Waals surface area contributed by atoms with Crippen molar-refractivity contribution < 1.29 is 0 Å². The van der Waals surface area contributed by atoms with Crippen LogP contribution in [-0.4, -0.2) is 13.9 Å². The molecule has 0 radical (unpaired) electrons. The van der Waals surface area contributed by atoms with Crippen LogP contribution in [0.4, 0.5) is 5.69 Å². The highest BCUT2D eigenvalue weighted by molar-refractivity contribution is 7.07. The molecule has 1 aliphatic carbocycles. The molecule has 0 N–H and O–H groups in total. The highest BCUT2D eigenvalue weighted by atomic mass is 32.1. The zero-order valence-electron chi connectivity index (χ0n) is 20.2. The van der Waals surface area contributed by atoms with Crippen molar-refractivity contribution in [3.05, 3.63) is 86.4 Å². The van der Waals surface area contributed by atoms with Crippen molar-refractivity contribution in [3.8, 4) is 16.9 Å². The summed E-state index contributed by atoms with van der Waals surface area (Å²) < 4.78 is 6.03. The van der Waals surface area contributed by atoms with Crippen LogP contribution in [0.1, 0.15) is 55.8 Å². The summed E-state index contributed by atoms with van der Waals surface area (Å²) in [6.45, 7) is 4.09. The fraction of sp³-hybridized carbons (Fsp3) is 0.357. The Bertz CT molecular complexity index is 1400. The van der Waals surface area contributed by atoms with E-state index in [4.69, 9.17) is 4.99 Å². The SMILES string of the molecule is Cc1ccc(-c2csc(=Nc3c(C)n(C)n(-c4ccccc4)c3=O)n2C2CCCCCC2)cc1. The maximum atomic E-state index is 13.5. The van der Waals surface area contributed by atoms with Crippen LogP contribution in [0.3, 0.4) is 0 Å². The van der Waals surface area contributed by atoms with E-state index >= 15 is 0 Å². The van der Waals surface area contributed by atoms with Crippen LogP contribution in [0.25, 0.3) is 16.9 Å². The number of thiazole rings is 1. The Labute approximate surface area is 204 Å². The highest BCUT2D eigenvalue weighted by Crippen LogP contribution is 2.32. The van der Waals surface area contributed by atoms with E-state index in [0.29, 0.717) is 11.7 Å². The van der Waals surface area contributed by atoms with Crippen molar-refractivity contribution in [2.75, 3.05) is 0 Å². The maximum Gasteiger partial charge on any atom is 0.297 e. The number of para-hydroxylation sites is 1. The molecule has 0 saturated heterocycles. The molecule has 0 spiro atoms. The minimum atomic E-state index is -0.0797. The standard InChI is InChI=1S/C28H32N4OS/c1-20-15-17-22(18-16-20)25-19-34-28(31(25)23-11-7-4-5-8-12-23)29-26-21(2)30(3)32(27(26)33)24-13-9-6-10-14-24/h6,9-10,13-19,23H,4-5,7-8,11-12H2,1-3H3. The molecule has 34 heavy (non-hydrogen) atoms. The molecule has 2 heterocycles. The topological polar surface area (TPSA) is 44.2 Å². The van der Waals surface area contributed by atoms with Gasteiger partial charge in [-0.05, 0) is 44.4 Å². The normalized spacial score (nSPS) is 15.6. The van der Waals surface area contributed by atoms with E-state index in [0.717, 1.165) is 29.0 Å². The van der Waals surface area contributed by atoms with Crippen molar-refractivity contribution in [2.24, 2.45) is 12.0 Å². The van der Waals surface area contributed by atoms with Crippen molar-refractivity contribution in [2.45, 2.75) is 58.4 Å². The number of aryl methyl sites for hydroxylation is 1. The molecular formula is C28H32N4OS. The predicted octanol–water partition coefficient (Wildman–Crippen LogP) is 6.45. The third kappa shape index (κ3) is 4.23. The van der Waals surface area contributed by atoms with Crippen LogP contribution in [-0.2, 0) is 7.05 Å². The fourth-order valence-corrected chi connectivity index (χ4v) is 5.96. The summed E-state index contributed by atoms with van der Waals surface area (Å²) in [5.74, 6) is 0. The van der Waals surface area contributed by atoms with Crippen LogP contribution in [0.2, 0.25) is 0 Å². The second-order valence-corrected chi connectivity index (χ2v) is 10.1. The van der Waals surface area contributed by atoms with Gasteiger partial charge in [0.25, 0.3) is 5.56 Å². The molecule has 0 atom stereocenters. The Hall–Kier alpha value is -3.12. The third-order valence-corrected chi connectivity index (χ3v) is 7.85. The lowest BCUT2D eigenvalue weighted by Crippen LogP contribution is -2.23. The van der Waals surface area contributed by atoms with Crippen LogP contribution in [0.5, 0.6) is 0 Å². The first-order valence-electron chi connectivity index (χ1n) is 12.2. The summed E-state index contributed by atoms with van der Waals surface area (Å²) >= 11 is 1.64. The van der Waals surface area contributed by atoms with E-state index in [9.17, 15) is 4.79 Å². The van der Waals surface area contributed by atoms with Gasteiger partial charge in [-0.25, -0.2) is 9.67 Å². The number of nitrogens with zero attached hydrogens (tertiary/aromatic N) is 4. The van der Waals surface area contributed by atoms with Gasteiger partial charge in [0.2, 0.25) is 0 Å². The van der Waals surface area contributed by atoms with Crippen LogP contribution < -0.4 is 10.4 Å². The average Bonchev–Trinajstić information content (AvgIpc) is 3.20. The quantitative estimate of drug-likeness (QED) is 0.315. The monoisotopic (exact) mass is 472 g/mol. The second-order valence-electron chi connectivity index (χ2n) is 9.31. The van der Waals surface area contributed by atoms with E-state index in [2.05, 4.69) is 41.1 Å². The van der Waals surface area contributed by atoms with E-state index in [-0.39, 0.29) is 5.56 Å².